The number of rotatable bonds is 3. The lowest BCUT2D eigenvalue weighted by Gasteiger charge is -2.07. The van der Waals surface area contributed by atoms with Crippen LogP contribution in [0.15, 0.2) is 48.7 Å². The van der Waals surface area contributed by atoms with Crippen LogP contribution in [0.5, 0.6) is 0 Å². The van der Waals surface area contributed by atoms with Gasteiger partial charge in [-0.15, -0.1) is 0 Å². The van der Waals surface area contributed by atoms with Crippen LogP contribution in [-0.2, 0) is 6.54 Å². The highest BCUT2D eigenvalue weighted by Crippen LogP contribution is 2.24. The molecule has 0 saturated heterocycles. The van der Waals surface area contributed by atoms with Gasteiger partial charge in [0.1, 0.15) is 0 Å². The lowest BCUT2D eigenvalue weighted by molar-refractivity contribution is -0.387. The van der Waals surface area contributed by atoms with E-state index in [1.165, 1.54) is 6.07 Å². The molecule has 0 unspecified atom stereocenters. The second-order valence-corrected chi connectivity index (χ2v) is 5.09. The number of halogens is 2. The average Bonchev–Trinajstić information content (AvgIpc) is 2.83. The minimum absolute atomic E-state index is 0.206. The number of aromatic nitrogens is 1. The maximum atomic E-state index is 14.1. The molecule has 0 aliphatic carbocycles. The quantitative estimate of drug-likeness (QED) is 0.532. The van der Waals surface area contributed by atoms with E-state index >= 15 is 0 Å². The first-order chi connectivity index (χ1) is 10.1. The molecular weight excluding hydrogens is 295 g/mol. The number of hydrogen-bond acceptors (Lipinski definition) is 2. The molecule has 0 aliphatic rings. The fraction of sp³-hybridized carbons (Fsp3) is 0.0667. The van der Waals surface area contributed by atoms with Crippen molar-refractivity contribution in [1.82, 2.24) is 4.57 Å². The molecule has 6 heteroatoms. The maximum absolute atomic E-state index is 14.1. The number of nitro groups is 1. The van der Waals surface area contributed by atoms with Gasteiger partial charge in [0.2, 0.25) is 5.82 Å². The van der Waals surface area contributed by atoms with Crippen LogP contribution in [-0.4, -0.2) is 9.49 Å². The van der Waals surface area contributed by atoms with E-state index in [1.807, 2.05) is 16.7 Å². The van der Waals surface area contributed by atoms with Gasteiger partial charge in [0.05, 0.1) is 11.5 Å². The Morgan fingerprint density at radius 3 is 2.81 bits per heavy atom. The van der Waals surface area contributed by atoms with E-state index in [0.29, 0.717) is 5.02 Å². The van der Waals surface area contributed by atoms with Crippen molar-refractivity contribution in [2.75, 3.05) is 0 Å². The van der Waals surface area contributed by atoms with Crippen molar-refractivity contribution in [2.24, 2.45) is 0 Å². The van der Waals surface area contributed by atoms with Crippen LogP contribution < -0.4 is 0 Å². The molecule has 0 aliphatic heterocycles. The lowest BCUT2D eigenvalue weighted by atomic mass is 10.2. The molecule has 0 amide bonds. The second kappa shape index (κ2) is 5.18. The summed E-state index contributed by atoms with van der Waals surface area (Å²) in [6, 6.07) is 11.5. The molecule has 3 rings (SSSR count). The van der Waals surface area contributed by atoms with Gasteiger partial charge in [-0.3, -0.25) is 10.1 Å². The monoisotopic (exact) mass is 304 g/mol. The third-order valence-electron chi connectivity index (χ3n) is 3.33. The van der Waals surface area contributed by atoms with Crippen molar-refractivity contribution in [3.63, 3.8) is 0 Å². The first-order valence-corrected chi connectivity index (χ1v) is 6.60. The van der Waals surface area contributed by atoms with Crippen LogP contribution in [0.4, 0.5) is 10.1 Å². The summed E-state index contributed by atoms with van der Waals surface area (Å²) in [7, 11) is 0. The van der Waals surface area contributed by atoms with E-state index in [0.717, 1.165) is 17.0 Å². The molecule has 21 heavy (non-hydrogen) atoms. The van der Waals surface area contributed by atoms with Gasteiger partial charge in [-0.05, 0) is 23.6 Å². The summed E-state index contributed by atoms with van der Waals surface area (Å²) in [5.74, 6) is -0.800. The first kappa shape index (κ1) is 13.6. The molecule has 0 saturated carbocycles. The largest absolute Gasteiger partial charge is 0.343 e. The van der Waals surface area contributed by atoms with Crippen LogP contribution in [0.25, 0.3) is 10.9 Å². The molecule has 0 radical (unpaired) electrons. The van der Waals surface area contributed by atoms with Crippen LogP contribution in [0, 0.1) is 15.9 Å². The fourth-order valence-corrected chi connectivity index (χ4v) is 2.47. The Labute approximate surface area is 124 Å². The molecule has 3 aromatic rings. The molecule has 0 bridgehead atoms. The summed E-state index contributed by atoms with van der Waals surface area (Å²) < 4.78 is 15.9. The second-order valence-electron chi connectivity index (χ2n) is 4.65. The summed E-state index contributed by atoms with van der Waals surface area (Å²) in [6.45, 7) is 0.206. The van der Waals surface area contributed by atoms with Gasteiger partial charge >= 0.3 is 5.69 Å². The first-order valence-electron chi connectivity index (χ1n) is 6.22. The molecule has 0 N–H and O–H groups in total. The average molecular weight is 305 g/mol. The third-order valence-corrected chi connectivity index (χ3v) is 3.57. The highest BCUT2D eigenvalue weighted by molar-refractivity contribution is 6.31. The molecule has 1 aromatic heterocycles. The van der Waals surface area contributed by atoms with Crippen molar-refractivity contribution in [2.45, 2.75) is 6.54 Å². The van der Waals surface area contributed by atoms with Gasteiger partial charge in [0.25, 0.3) is 0 Å². The zero-order valence-corrected chi connectivity index (χ0v) is 11.5. The van der Waals surface area contributed by atoms with E-state index in [1.54, 1.807) is 24.4 Å². The Hall–Kier alpha value is -2.40. The van der Waals surface area contributed by atoms with Crippen LogP contribution in [0.2, 0.25) is 5.02 Å². The summed E-state index contributed by atoms with van der Waals surface area (Å²) in [6.07, 6.45) is 1.80. The minimum Gasteiger partial charge on any atom is -0.343 e. The lowest BCUT2D eigenvalue weighted by Crippen LogP contribution is -2.03. The molecule has 106 valence electrons. The van der Waals surface area contributed by atoms with E-state index < -0.39 is 16.4 Å². The normalized spacial score (nSPS) is 11.0. The smallest absolute Gasteiger partial charge is 0.305 e. The Morgan fingerprint density at radius 2 is 2.05 bits per heavy atom. The molecule has 1 heterocycles. The van der Waals surface area contributed by atoms with Crippen molar-refractivity contribution in [1.29, 1.82) is 0 Å². The standard InChI is InChI=1S/C15H10ClFN2O2/c16-12-5-4-10-6-7-18(14(10)8-12)9-11-2-1-3-13(15(11)17)19(20)21/h1-8H,9H2. The van der Waals surface area contributed by atoms with Crippen LogP contribution in [0.3, 0.4) is 0 Å². The highest BCUT2D eigenvalue weighted by atomic mass is 35.5. The van der Waals surface area contributed by atoms with Gasteiger partial charge in [-0.25, -0.2) is 0 Å². The number of fused-ring (bicyclic) bond motifs is 1. The molecular formula is C15H10ClFN2O2. The topological polar surface area (TPSA) is 48.1 Å². The van der Waals surface area contributed by atoms with Gasteiger partial charge in [-0.1, -0.05) is 29.8 Å². The van der Waals surface area contributed by atoms with Crippen LogP contribution in [0.1, 0.15) is 5.56 Å². The van der Waals surface area contributed by atoms with Gasteiger partial charge < -0.3 is 4.57 Å². The maximum Gasteiger partial charge on any atom is 0.305 e. The Bertz CT molecular complexity index is 845. The predicted molar refractivity (Wildman–Crippen MR) is 79.1 cm³/mol. The number of nitro benzene ring substituents is 1. The van der Waals surface area contributed by atoms with E-state index in [-0.39, 0.29) is 12.1 Å². The van der Waals surface area contributed by atoms with Crippen molar-refractivity contribution >= 4 is 28.2 Å². The minimum atomic E-state index is -0.800. The van der Waals surface area contributed by atoms with Crippen LogP contribution >= 0.6 is 11.6 Å². The number of benzene rings is 2. The van der Waals surface area contributed by atoms with Gasteiger partial charge in [-0.2, -0.15) is 4.39 Å². The van der Waals surface area contributed by atoms with E-state index in [4.69, 9.17) is 11.6 Å². The number of nitrogens with zero attached hydrogens (tertiary/aromatic N) is 2. The van der Waals surface area contributed by atoms with Gasteiger partial charge in [0.15, 0.2) is 0 Å². The highest BCUT2D eigenvalue weighted by Gasteiger charge is 2.17. The number of hydrogen-bond donors (Lipinski definition) is 0. The third kappa shape index (κ3) is 2.48. The van der Waals surface area contributed by atoms with E-state index in [2.05, 4.69) is 0 Å². The van der Waals surface area contributed by atoms with Gasteiger partial charge in [0, 0.05) is 28.4 Å². The van der Waals surface area contributed by atoms with Crippen molar-refractivity contribution < 1.29 is 9.31 Å². The zero-order chi connectivity index (χ0) is 15.0. The fourth-order valence-electron chi connectivity index (χ4n) is 2.31. The Balaban J connectivity index is 2.05. The summed E-state index contributed by atoms with van der Waals surface area (Å²) >= 11 is 5.97. The molecule has 0 spiro atoms. The van der Waals surface area contributed by atoms with E-state index in [9.17, 15) is 14.5 Å². The van der Waals surface area contributed by atoms with Crippen molar-refractivity contribution in [3.05, 3.63) is 75.2 Å². The Morgan fingerprint density at radius 1 is 1.24 bits per heavy atom. The zero-order valence-electron chi connectivity index (χ0n) is 10.8. The predicted octanol–water partition coefficient (Wildman–Crippen LogP) is 4.39. The summed E-state index contributed by atoms with van der Waals surface area (Å²) in [5.41, 5.74) is 0.608. The molecule has 0 fully saturated rings. The molecule has 2 aromatic carbocycles. The summed E-state index contributed by atoms with van der Waals surface area (Å²) in [5, 5.41) is 12.3. The molecule has 4 nitrogen and oxygen atoms in total. The molecule has 0 atom stereocenters. The summed E-state index contributed by atoms with van der Waals surface area (Å²) in [4.78, 5) is 10.1. The Kier molecular flexibility index (Phi) is 3.35. The van der Waals surface area contributed by atoms with Crippen molar-refractivity contribution in [3.8, 4) is 0 Å². The SMILES string of the molecule is O=[N+]([O-])c1cccc(Cn2ccc3ccc(Cl)cc32)c1F.